The minimum absolute atomic E-state index is 0.264. The van der Waals surface area contributed by atoms with Gasteiger partial charge in [0.05, 0.1) is 12.7 Å². The molecule has 2 N–H and O–H groups in total. The Balaban J connectivity index is 2.33. The van der Waals surface area contributed by atoms with Crippen molar-refractivity contribution in [3.63, 3.8) is 0 Å². The second-order valence-corrected chi connectivity index (χ2v) is 4.98. The predicted molar refractivity (Wildman–Crippen MR) is 64.0 cm³/mol. The summed E-state index contributed by atoms with van der Waals surface area (Å²) in [6, 6.07) is 0. The molecule has 1 fully saturated rings. The van der Waals surface area contributed by atoms with E-state index in [-0.39, 0.29) is 5.54 Å². The summed E-state index contributed by atoms with van der Waals surface area (Å²) in [5.74, 6) is 0. The van der Waals surface area contributed by atoms with Crippen molar-refractivity contribution in [1.29, 1.82) is 0 Å². The Hall–Kier alpha value is -0.120. The summed E-state index contributed by atoms with van der Waals surface area (Å²) in [5.41, 5.74) is 6.18. The second-order valence-electron chi connectivity index (χ2n) is 4.98. The highest BCUT2D eigenvalue weighted by atomic mass is 16.5. The van der Waals surface area contributed by atoms with Gasteiger partial charge in [-0.3, -0.25) is 4.90 Å². The van der Waals surface area contributed by atoms with E-state index in [2.05, 4.69) is 25.8 Å². The van der Waals surface area contributed by atoms with Crippen LogP contribution in [0.5, 0.6) is 0 Å². The van der Waals surface area contributed by atoms with Gasteiger partial charge in [-0.2, -0.15) is 0 Å². The van der Waals surface area contributed by atoms with E-state index in [0.29, 0.717) is 6.10 Å². The third kappa shape index (κ3) is 3.44. The first-order valence-electron chi connectivity index (χ1n) is 6.14. The van der Waals surface area contributed by atoms with Gasteiger partial charge in [-0.15, -0.1) is 0 Å². The molecule has 0 heterocycles. The van der Waals surface area contributed by atoms with Crippen LogP contribution in [0.4, 0.5) is 0 Å². The maximum Gasteiger partial charge on any atom is 0.0597 e. The van der Waals surface area contributed by atoms with E-state index >= 15 is 0 Å². The molecule has 3 heteroatoms. The van der Waals surface area contributed by atoms with Gasteiger partial charge in [-0.05, 0) is 33.7 Å². The summed E-state index contributed by atoms with van der Waals surface area (Å²) >= 11 is 0. The van der Waals surface area contributed by atoms with Gasteiger partial charge in [-0.1, -0.05) is 12.8 Å². The summed E-state index contributed by atoms with van der Waals surface area (Å²) in [7, 11) is 2.18. The lowest BCUT2D eigenvalue weighted by Crippen LogP contribution is -2.51. The summed E-state index contributed by atoms with van der Waals surface area (Å²) < 4.78 is 5.58. The van der Waals surface area contributed by atoms with Gasteiger partial charge in [0.1, 0.15) is 0 Å². The molecule has 1 aliphatic carbocycles. The van der Waals surface area contributed by atoms with E-state index in [0.717, 1.165) is 19.7 Å². The van der Waals surface area contributed by atoms with Crippen LogP contribution in [0, 0.1) is 0 Å². The summed E-state index contributed by atoms with van der Waals surface area (Å²) in [6.45, 7) is 6.75. The van der Waals surface area contributed by atoms with Gasteiger partial charge in [-0.25, -0.2) is 0 Å². The Labute approximate surface area is 94.0 Å². The SMILES string of the molecule is CC(C)OCCN(C)C1(CN)CCCC1. The van der Waals surface area contributed by atoms with E-state index in [1.54, 1.807) is 0 Å². The number of rotatable bonds is 6. The van der Waals surface area contributed by atoms with Crippen molar-refractivity contribution in [1.82, 2.24) is 4.90 Å². The molecule has 1 saturated carbocycles. The van der Waals surface area contributed by atoms with Crippen LogP contribution in [0.25, 0.3) is 0 Å². The van der Waals surface area contributed by atoms with E-state index in [9.17, 15) is 0 Å². The van der Waals surface area contributed by atoms with Crippen LogP contribution in [-0.4, -0.2) is 43.3 Å². The molecule has 90 valence electrons. The first-order chi connectivity index (χ1) is 7.10. The standard InChI is InChI=1S/C12H26N2O/c1-11(2)15-9-8-14(3)12(10-13)6-4-5-7-12/h11H,4-10,13H2,1-3H3. The molecule has 1 aliphatic rings. The van der Waals surface area contributed by atoms with Gasteiger partial charge in [0.2, 0.25) is 0 Å². The lowest BCUT2D eigenvalue weighted by Gasteiger charge is -2.38. The number of ether oxygens (including phenoxy) is 1. The van der Waals surface area contributed by atoms with Crippen molar-refractivity contribution in [3.8, 4) is 0 Å². The smallest absolute Gasteiger partial charge is 0.0597 e. The van der Waals surface area contributed by atoms with Crippen LogP contribution in [0.2, 0.25) is 0 Å². The Morgan fingerprint density at radius 2 is 1.93 bits per heavy atom. The van der Waals surface area contributed by atoms with Crippen molar-refractivity contribution >= 4 is 0 Å². The molecule has 0 spiro atoms. The number of hydrogen-bond donors (Lipinski definition) is 1. The Kier molecular flexibility index (Phi) is 5.03. The largest absolute Gasteiger partial charge is 0.377 e. The molecule has 0 radical (unpaired) electrons. The van der Waals surface area contributed by atoms with Gasteiger partial charge in [0.15, 0.2) is 0 Å². The van der Waals surface area contributed by atoms with Crippen LogP contribution < -0.4 is 5.73 Å². The van der Waals surface area contributed by atoms with Crippen molar-refractivity contribution in [2.75, 3.05) is 26.7 Å². The molecule has 3 nitrogen and oxygen atoms in total. The highest BCUT2D eigenvalue weighted by Gasteiger charge is 2.35. The molecule has 0 saturated heterocycles. The molecule has 0 atom stereocenters. The lowest BCUT2D eigenvalue weighted by atomic mass is 9.96. The highest BCUT2D eigenvalue weighted by Crippen LogP contribution is 2.33. The van der Waals surface area contributed by atoms with Gasteiger partial charge >= 0.3 is 0 Å². The molecule has 0 amide bonds. The zero-order chi connectivity index (χ0) is 11.3. The molecule has 0 aromatic heterocycles. The number of likely N-dealkylation sites (N-methyl/N-ethyl adjacent to an activating group) is 1. The molecule has 0 unspecified atom stereocenters. The van der Waals surface area contributed by atoms with Crippen molar-refractivity contribution < 1.29 is 4.74 Å². The first-order valence-corrected chi connectivity index (χ1v) is 6.14. The third-order valence-corrected chi connectivity index (χ3v) is 3.60. The third-order valence-electron chi connectivity index (χ3n) is 3.60. The zero-order valence-corrected chi connectivity index (χ0v) is 10.5. The quantitative estimate of drug-likeness (QED) is 0.730. The fourth-order valence-corrected chi connectivity index (χ4v) is 2.44. The maximum absolute atomic E-state index is 5.92. The molecule has 15 heavy (non-hydrogen) atoms. The van der Waals surface area contributed by atoms with Gasteiger partial charge in [0, 0.05) is 18.6 Å². The molecular formula is C12H26N2O. The van der Waals surface area contributed by atoms with Gasteiger partial charge in [0.25, 0.3) is 0 Å². The minimum Gasteiger partial charge on any atom is -0.377 e. The normalized spacial score (nSPS) is 20.4. The van der Waals surface area contributed by atoms with Gasteiger partial charge < -0.3 is 10.5 Å². The van der Waals surface area contributed by atoms with Crippen LogP contribution in [0.3, 0.4) is 0 Å². The highest BCUT2D eigenvalue weighted by molar-refractivity contribution is 4.94. The monoisotopic (exact) mass is 214 g/mol. The van der Waals surface area contributed by atoms with E-state index in [1.807, 2.05) is 0 Å². The zero-order valence-electron chi connectivity index (χ0n) is 10.5. The summed E-state index contributed by atoms with van der Waals surface area (Å²) in [6.07, 6.45) is 5.48. The minimum atomic E-state index is 0.264. The second kappa shape index (κ2) is 5.83. The molecule has 1 rings (SSSR count). The van der Waals surface area contributed by atoms with E-state index in [4.69, 9.17) is 10.5 Å². The number of nitrogens with zero attached hydrogens (tertiary/aromatic N) is 1. The average Bonchev–Trinajstić information content (AvgIpc) is 2.66. The van der Waals surface area contributed by atoms with Crippen LogP contribution in [0.1, 0.15) is 39.5 Å². The van der Waals surface area contributed by atoms with Crippen molar-refractivity contribution in [2.45, 2.75) is 51.2 Å². The Bertz CT molecular complexity index is 176. The number of hydrogen-bond acceptors (Lipinski definition) is 3. The molecular weight excluding hydrogens is 188 g/mol. The van der Waals surface area contributed by atoms with E-state index in [1.165, 1.54) is 25.7 Å². The van der Waals surface area contributed by atoms with Crippen molar-refractivity contribution in [3.05, 3.63) is 0 Å². The summed E-state index contributed by atoms with van der Waals surface area (Å²) in [4.78, 5) is 2.41. The number of nitrogens with two attached hydrogens (primary N) is 1. The fourth-order valence-electron chi connectivity index (χ4n) is 2.44. The average molecular weight is 214 g/mol. The van der Waals surface area contributed by atoms with Crippen LogP contribution >= 0.6 is 0 Å². The maximum atomic E-state index is 5.92. The lowest BCUT2D eigenvalue weighted by molar-refractivity contribution is 0.0364. The predicted octanol–water partition coefficient (Wildman–Crippen LogP) is 1.61. The van der Waals surface area contributed by atoms with Crippen LogP contribution in [-0.2, 0) is 4.74 Å². The molecule has 0 bridgehead atoms. The van der Waals surface area contributed by atoms with Crippen LogP contribution in [0.15, 0.2) is 0 Å². The molecule has 0 aromatic rings. The first kappa shape index (κ1) is 12.9. The Morgan fingerprint density at radius 1 is 1.33 bits per heavy atom. The molecule has 0 aliphatic heterocycles. The fraction of sp³-hybridized carbons (Fsp3) is 1.00. The molecule has 0 aromatic carbocycles. The van der Waals surface area contributed by atoms with E-state index < -0.39 is 0 Å². The topological polar surface area (TPSA) is 38.5 Å². The van der Waals surface area contributed by atoms with Crippen molar-refractivity contribution in [2.24, 2.45) is 5.73 Å². The summed E-state index contributed by atoms with van der Waals surface area (Å²) in [5, 5.41) is 0. The Morgan fingerprint density at radius 3 is 2.40 bits per heavy atom.